The van der Waals surface area contributed by atoms with Crippen molar-refractivity contribution in [3.05, 3.63) is 40.7 Å². The van der Waals surface area contributed by atoms with Crippen LogP contribution in [0.3, 0.4) is 0 Å². The highest BCUT2D eigenvalue weighted by molar-refractivity contribution is 6.30. The molecule has 2 aromatic rings. The Labute approximate surface area is 184 Å². The van der Waals surface area contributed by atoms with Crippen LogP contribution in [-0.2, 0) is 4.79 Å². The van der Waals surface area contributed by atoms with Crippen molar-refractivity contribution in [1.29, 1.82) is 0 Å². The van der Waals surface area contributed by atoms with Crippen molar-refractivity contribution >= 4 is 23.4 Å². The zero-order valence-electron chi connectivity index (χ0n) is 17.4. The lowest BCUT2D eigenvalue weighted by Gasteiger charge is -2.57. The van der Waals surface area contributed by atoms with E-state index in [-0.39, 0.29) is 52.0 Å². The van der Waals surface area contributed by atoms with E-state index >= 15 is 0 Å². The topological polar surface area (TPSA) is 109 Å². The fraction of sp³-hybridized carbons (Fsp3) is 0.524. The van der Waals surface area contributed by atoms with Crippen LogP contribution in [0.4, 0.5) is 4.39 Å². The first-order valence-electron chi connectivity index (χ1n) is 10.3. The largest absolute Gasteiger partial charge is 0.484 e. The summed E-state index contributed by atoms with van der Waals surface area (Å²) in [5.41, 5.74) is -0.645. The van der Waals surface area contributed by atoms with Gasteiger partial charge in [-0.25, -0.2) is 9.37 Å². The van der Waals surface area contributed by atoms with Crippen LogP contribution in [-0.4, -0.2) is 44.7 Å². The number of carbonyl (C=O) groups is 2. The molecule has 166 valence electrons. The molecule has 1 aromatic carbocycles. The van der Waals surface area contributed by atoms with Gasteiger partial charge in [0, 0.05) is 17.1 Å². The van der Waals surface area contributed by atoms with Gasteiger partial charge in [0.1, 0.15) is 17.4 Å². The highest BCUT2D eigenvalue weighted by atomic mass is 35.5. The summed E-state index contributed by atoms with van der Waals surface area (Å²) in [6.07, 6.45) is 3.78. The van der Waals surface area contributed by atoms with Crippen LogP contribution in [0.25, 0.3) is 0 Å². The van der Waals surface area contributed by atoms with Crippen molar-refractivity contribution < 1.29 is 18.7 Å². The van der Waals surface area contributed by atoms with Crippen LogP contribution in [0, 0.1) is 18.7 Å². The predicted molar refractivity (Wildman–Crippen MR) is 111 cm³/mol. The van der Waals surface area contributed by atoms with Gasteiger partial charge < -0.3 is 15.4 Å². The summed E-state index contributed by atoms with van der Waals surface area (Å²) >= 11 is 5.66. The number of aromatic amines is 1. The van der Waals surface area contributed by atoms with Crippen LogP contribution in [0.1, 0.15) is 55.5 Å². The van der Waals surface area contributed by atoms with E-state index in [0.717, 1.165) is 38.2 Å². The van der Waals surface area contributed by atoms with Gasteiger partial charge in [0.15, 0.2) is 6.61 Å². The summed E-state index contributed by atoms with van der Waals surface area (Å²) in [5, 5.41) is 12.9. The van der Waals surface area contributed by atoms with E-state index in [1.54, 1.807) is 6.92 Å². The van der Waals surface area contributed by atoms with Crippen molar-refractivity contribution in [2.24, 2.45) is 5.92 Å². The first-order valence-corrected chi connectivity index (χ1v) is 10.7. The third-order valence-electron chi connectivity index (χ3n) is 6.57. The van der Waals surface area contributed by atoms with Crippen LogP contribution >= 0.6 is 11.6 Å². The van der Waals surface area contributed by atoms with Gasteiger partial charge in [-0.3, -0.25) is 14.7 Å². The number of hydrogen-bond donors (Lipinski definition) is 3. The summed E-state index contributed by atoms with van der Waals surface area (Å²) in [4.78, 5) is 29.2. The number of nitrogens with zero attached hydrogens (tertiary/aromatic N) is 2. The SMILES string of the molecule is Cc1nc(C(=O)NC23CCC(NC(=O)COc4ccc(Cl)c(F)c4)(CC2)[C@@H](C)C3)n[nH]1. The fourth-order valence-corrected chi connectivity index (χ4v) is 4.97. The molecule has 3 fully saturated rings. The van der Waals surface area contributed by atoms with Crippen LogP contribution in [0.2, 0.25) is 5.02 Å². The first-order chi connectivity index (χ1) is 14.7. The summed E-state index contributed by atoms with van der Waals surface area (Å²) < 4.78 is 19.0. The molecule has 0 saturated heterocycles. The molecule has 1 atom stereocenters. The lowest BCUT2D eigenvalue weighted by molar-refractivity contribution is -0.128. The molecule has 3 aliphatic carbocycles. The Morgan fingerprint density at radius 3 is 2.65 bits per heavy atom. The van der Waals surface area contributed by atoms with Crippen molar-refractivity contribution in [3.63, 3.8) is 0 Å². The zero-order chi connectivity index (χ0) is 22.2. The molecule has 10 heteroatoms. The molecule has 5 rings (SSSR count). The van der Waals surface area contributed by atoms with Crippen molar-refractivity contribution in [3.8, 4) is 5.75 Å². The average Bonchev–Trinajstić information content (AvgIpc) is 3.17. The summed E-state index contributed by atoms with van der Waals surface area (Å²) in [6.45, 7) is 3.63. The molecular weight excluding hydrogens is 425 g/mol. The van der Waals surface area contributed by atoms with E-state index in [4.69, 9.17) is 16.3 Å². The van der Waals surface area contributed by atoms with E-state index in [2.05, 4.69) is 32.7 Å². The first kappa shape index (κ1) is 21.5. The number of H-pyrrole nitrogens is 1. The van der Waals surface area contributed by atoms with Crippen molar-refractivity contribution in [1.82, 2.24) is 25.8 Å². The number of amides is 2. The molecule has 0 radical (unpaired) electrons. The molecule has 2 bridgehead atoms. The van der Waals surface area contributed by atoms with Gasteiger partial charge >= 0.3 is 0 Å². The lowest BCUT2D eigenvalue weighted by Crippen LogP contribution is -2.67. The average molecular weight is 450 g/mol. The van der Waals surface area contributed by atoms with Crippen molar-refractivity contribution in [2.45, 2.75) is 57.0 Å². The summed E-state index contributed by atoms with van der Waals surface area (Å²) in [6, 6.07) is 4.07. The molecule has 8 nitrogen and oxygen atoms in total. The molecule has 0 aliphatic heterocycles. The van der Waals surface area contributed by atoms with Crippen LogP contribution in [0.15, 0.2) is 18.2 Å². The number of aryl methyl sites for hydroxylation is 1. The number of benzene rings is 1. The number of carbonyl (C=O) groups excluding carboxylic acids is 2. The second-order valence-electron chi connectivity index (χ2n) is 8.65. The Hall–Kier alpha value is -2.68. The number of ether oxygens (including phenoxy) is 1. The summed E-state index contributed by atoms with van der Waals surface area (Å²) in [5.74, 6) is 0.0277. The third kappa shape index (κ3) is 4.37. The van der Waals surface area contributed by atoms with Gasteiger partial charge in [0.2, 0.25) is 5.82 Å². The monoisotopic (exact) mass is 449 g/mol. The van der Waals surface area contributed by atoms with Crippen molar-refractivity contribution in [2.75, 3.05) is 6.61 Å². The molecule has 3 aliphatic rings. The smallest absolute Gasteiger partial charge is 0.291 e. The predicted octanol–water partition coefficient (Wildman–Crippen LogP) is 2.92. The maximum atomic E-state index is 13.5. The van der Waals surface area contributed by atoms with Gasteiger partial charge in [-0.05, 0) is 57.1 Å². The number of halogens is 2. The highest BCUT2D eigenvalue weighted by Gasteiger charge is 2.54. The Morgan fingerprint density at radius 1 is 1.29 bits per heavy atom. The minimum Gasteiger partial charge on any atom is -0.484 e. The zero-order valence-corrected chi connectivity index (χ0v) is 18.2. The highest BCUT2D eigenvalue weighted by Crippen LogP contribution is 2.50. The van der Waals surface area contributed by atoms with E-state index in [1.165, 1.54) is 12.1 Å². The Bertz CT molecular complexity index is 1000. The second kappa shape index (κ2) is 8.11. The van der Waals surface area contributed by atoms with Gasteiger partial charge in [0.05, 0.1) is 5.02 Å². The number of fused-ring (bicyclic) bond motifs is 3. The fourth-order valence-electron chi connectivity index (χ4n) is 4.85. The quantitative estimate of drug-likeness (QED) is 0.628. The Kier molecular flexibility index (Phi) is 5.63. The second-order valence-corrected chi connectivity index (χ2v) is 9.06. The van der Waals surface area contributed by atoms with Gasteiger partial charge in [-0.15, -0.1) is 5.10 Å². The van der Waals surface area contributed by atoms with E-state index in [1.807, 2.05) is 0 Å². The Balaban J connectivity index is 1.34. The van der Waals surface area contributed by atoms with E-state index < -0.39 is 5.82 Å². The standard InChI is InChI=1S/C21H25ClFN5O3/c1-12-10-20(26-19(30)18-24-13(2)27-28-18)5-7-21(12,8-6-20)25-17(29)11-31-14-3-4-15(22)16(23)9-14/h3-4,9,12H,5-8,10-11H2,1-2H3,(H,25,29)(H,26,30)(H,24,27,28)/t12-,20?,21?/m0/s1. The molecule has 1 heterocycles. The molecule has 31 heavy (non-hydrogen) atoms. The van der Waals surface area contributed by atoms with Crippen LogP contribution < -0.4 is 15.4 Å². The maximum Gasteiger partial charge on any atom is 0.291 e. The lowest BCUT2D eigenvalue weighted by atomic mass is 9.56. The molecule has 1 aromatic heterocycles. The minimum atomic E-state index is -0.593. The molecule has 0 spiro atoms. The number of rotatable bonds is 6. The van der Waals surface area contributed by atoms with Gasteiger partial charge in [-0.2, -0.15) is 0 Å². The summed E-state index contributed by atoms with van der Waals surface area (Å²) in [7, 11) is 0. The molecule has 2 amide bonds. The van der Waals surface area contributed by atoms with Gasteiger partial charge in [0.25, 0.3) is 11.8 Å². The normalized spacial score (nSPS) is 27.0. The molecule has 3 N–H and O–H groups in total. The van der Waals surface area contributed by atoms with Gasteiger partial charge in [-0.1, -0.05) is 18.5 Å². The number of nitrogens with one attached hydrogen (secondary N) is 3. The minimum absolute atomic E-state index is 0.00250. The molecule has 0 unspecified atom stereocenters. The Morgan fingerprint density at radius 2 is 2.03 bits per heavy atom. The maximum absolute atomic E-state index is 13.5. The van der Waals surface area contributed by atoms with E-state index in [0.29, 0.717) is 5.82 Å². The van der Waals surface area contributed by atoms with E-state index in [9.17, 15) is 14.0 Å². The third-order valence-corrected chi connectivity index (χ3v) is 6.87. The van der Waals surface area contributed by atoms with Crippen LogP contribution in [0.5, 0.6) is 5.75 Å². The molecule has 3 saturated carbocycles. The number of aromatic nitrogens is 3. The number of hydrogen-bond acceptors (Lipinski definition) is 5. The molecular formula is C21H25ClFN5O3.